The number of benzene rings is 2. The van der Waals surface area contributed by atoms with Crippen molar-refractivity contribution in [2.45, 2.75) is 20.3 Å². The Hall–Kier alpha value is -2.09. The van der Waals surface area contributed by atoms with Crippen LogP contribution in [0.25, 0.3) is 0 Å². The molecule has 2 aromatic carbocycles. The van der Waals surface area contributed by atoms with E-state index < -0.39 is 0 Å². The van der Waals surface area contributed by atoms with Gasteiger partial charge in [0.15, 0.2) is 5.78 Å². The Bertz CT molecular complexity index is 571. The van der Waals surface area contributed by atoms with Crippen molar-refractivity contribution in [3.05, 3.63) is 64.7 Å². The van der Waals surface area contributed by atoms with Crippen molar-refractivity contribution in [2.24, 2.45) is 0 Å². The van der Waals surface area contributed by atoms with Crippen LogP contribution in [0, 0.1) is 13.8 Å². The number of hydrogen-bond donors (Lipinski definition) is 1. The van der Waals surface area contributed by atoms with Gasteiger partial charge >= 0.3 is 0 Å². The number of carbonyl (C=O) groups is 1. The van der Waals surface area contributed by atoms with Crippen LogP contribution in [-0.2, 0) is 6.42 Å². The molecule has 0 aliphatic rings. The lowest BCUT2D eigenvalue weighted by molar-refractivity contribution is 0.0990. The summed E-state index contributed by atoms with van der Waals surface area (Å²) in [4.78, 5) is 12.1. The molecule has 2 rings (SSSR count). The number of carbonyl (C=O) groups excluding carboxylic acids is 1. The van der Waals surface area contributed by atoms with Crippen LogP contribution in [-0.4, -0.2) is 10.9 Å². The summed E-state index contributed by atoms with van der Waals surface area (Å²) < 4.78 is 0. The largest absolute Gasteiger partial charge is 0.507 e. The molecule has 0 unspecified atom stereocenters. The van der Waals surface area contributed by atoms with Gasteiger partial charge in [-0.2, -0.15) is 0 Å². The number of aromatic hydroxyl groups is 1. The summed E-state index contributed by atoms with van der Waals surface area (Å²) in [5, 5.41) is 9.84. The van der Waals surface area contributed by atoms with Crippen molar-refractivity contribution in [3.63, 3.8) is 0 Å². The fraction of sp³-hybridized carbons (Fsp3) is 0.188. The second kappa shape index (κ2) is 5.05. The first-order valence-electron chi connectivity index (χ1n) is 5.95. The highest BCUT2D eigenvalue weighted by Crippen LogP contribution is 2.23. The van der Waals surface area contributed by atoms with Crippen molar-refractivity contribution in [1.82, 2.24) is 0 Å². The normalized spacial score (nSPS) is 10.3. The van der Waals surface area contributed by atoms with Gasteiger partial charge in [0.1, 0.15) is 5.75 Å². The average Bonchev–Trinajstić information content (AvgIpc) is 2.35. The Morgan fingerprint density at radius 2 is 1.67 bits per heavy atom. The Kier molecular flexibility index (Phi) is 3.47. The molecule has 92 valence electrons. The Morgan fingerprint density at radius 1 is 1.06 bits per heavy atom. The standard InChI is InChI=1S/C16H16O2/c1-11-8-14(15(17)9-12(11)2)16(18)10-13-6-4-3-5-7-13/h3-9,17H,10H2,1-2H3. The zero-order valence-electron chi connectivity index (χ0n) is 10.6. The molecule has 2 aromatic rings. The van der Waals surface area contributed by atoms with Gasteiger partial charge in [0.05, 0.1) is 5.56 Å². The quantitative estimate of drug-likeness (QED) is 0.834. The van der Waals surface area contributed by atoms with E-state index in [9.17, 15) is 9.90 Å². The maximum absolute atomic E-state index is 12.1. The third kappa shape index (κ3) is 2.59. The maximum Gasteiger partial charge on any atom is 0.170 e. The smallest absolute Gasteiger partial charge is 0.170 e. The van der Waals surface area contributed by atoms with E-state index in [1.54, 1.807) is 12.1 Å². The molecule has 0 aromatic heterocycles. The van der Waals surface area contributed by atoms with Crippen LogP contribution in [0.5, 0.6) is 5.75 Å². The lowest BCUT2D eigenvalue weighted by atomic mass is 9.98. The zero-order chi connectivity index (χ0) is 13.1. The molecule has 1 N–H and O–H groups in total. The summed E-state index contributed by atoms with van der Waals surface area (Å²) in [6.07, 6.45) is 0.316. The highest BCUT2D eigenvalue weighted by molar-refractivity contribution is 6.00. The van der Waals surface area contributed by atoms with Crippen LogP contribution in [0.3, 0.4) is 0 Å². The van der Waals surface area contributed by atoms with E-state index in [4.69, 9.17) is 0 Å². The van der Waals surface area contributed by atoms with E-state index in [2.05, 4.69) is 0 Å². The van der Waals surface area contributed by atoms with Gasteiger partial charge in [-0.05, 0) is 42.7 Å². The molecule has 2 heteroatoms. The number of phenols is 1. The first-order chi connectivity index (χ1) is 8.58. The SMILES string of the molecule is Cc1cc(O)c(C(=O)Cc2ccccc2)cc1C. The monoisotopic (exact) mass is 240 g/mol. The zero-order valence-corrected chi connectivity index (χ0v) is 10.6. The number of aryl methyl sites for hydroxylation is 2. The molecule has 0 amide bonds. The molecule has 0 spiro atoms. The van der Waals surface area contributed by atoms with Gasteiger partial charge in [0, 0.05) is 6.42 Å². The maximum atomic E-state index is 12.1. The molecule has 0 bridgehead atoms. The van der Waals surface area contributed by atoms with Gasteiger partial charge in [-0.1, -0.05) is 30.3 Å². The summed E-state index contributed by atoms with van der Waals surface area (Å²) in [6, 6.07) is 13.0. The molecule has 0 radical (unpaired) electrons. The van der Waals surface area contributed by atoms with Crippen molar-refractivity contribution in [2.75, 3.05) is 0 Å². The predicted octanol–water partition coefficient (Wildman–Crippen LogP) is 3.43. The minimum Gasteiger partial charge on any atom is -0.507 e. The lowest BCUT2D eigenvalue weighted by Gasteiger charge is -2.07. The first-order valence-corrected chi connectivity index (χ1v) is 5.95. The topological polar surface area (TPSA) is 37.3 Å². The Morgan fingerprint density at radius 3 is 2.33 bits per heavy atom. The van der Waals surface area contributed by atoms with Gasteiger partial charge in [0.25, 0.3) is 0 Å². The molecule has 18 heavy (non-hydrogen) atoms. The molecule has 2 nitrogen and oxygen atoms in total. The summed E-state index contributed by atoms with van der Waals surface area (Å²) in [5.74, 6) is 0.0147. The minimum absolute atomic E-state index is 0.0539. The highest BCUT2D eigenvalue weighted by atomic mass is 16.3. The van der Waals surface area contributed by atoms with Gasteiger partial charge in [0.2, 0.25) is 0 Å². The van der Waals surface area contributed by atoms with Crippen LogP contribution >= 0.6 is 0 Å². The molecular formula is C16H16O2. The second-order valence-electron chi connectivity index (χ2n) is 4.54. The third-order valence-corrected chi connectivity index (χ3v) is 3.12. The summed E-state index contributed by atoms with van der Waals surface area (Å²) >= 11 is 0. The molecule has 0 saturated carbocycles. The molecule has 0 atom stereocenters. The number of hydrogen-bond acceptors (Lipinski definition) is 2. The number of ketones is 1. The van der Waals surface area contributed by atoms with E-state index in [0.717, 1.165) is 16.7 Å². The average molecular weight is 240 g/mol. The van der Waals surface area contributed by atoms with Crippen molar-refractivity contribution < 1.29 is 9.90 Å². The van der Waals surface area contributed by atoms with Crippen LogP contribution in [0.15, 0.2) is 42.5 Å². The molecule has 0 heterocycles. The Labute approximate surface area is 107 Å². The van der Waals surface area contributed by atoms with Gasteiger partial charge in [-0.3, -0.25) is 4.79 Å². The number of rotatable bonds is 3. The van der Waals surface area contributed by atoms with E-state index in [-0.39, 0.29) is 11.5 Å². The summed E-state index contributed by atoms with van der Waals surface area (Å²) in [5.41, 5.74) is 3.37. The molecule has 0 saturated heterocycles. The van der Waals surface area contributed by atoms with E-state index in [1.807, 2.05) is 44.2 Å². The summed E-state index contributed by atoms with van der Waals surface area (Å²) in [6.45, 7) is 3.86. The second-order valence-corrected chi connectivity index (χ2v) is 4.54. The third-order valence-electron chi connectivity index (χ3n) is 3.12. The fourth-order valence-electron chi connectivity index (χ4n) is 1.90. The van der Waals surface area contributed by atoms with Crippen molar-refractivity contribution in [1.29, 1.82) is 0 Å². The number of Topliss-reactive ketones (excluding diaryl/α,β-unsaturated/α-hetero) is 1. The molecule has 0 fully saturated rings. The summed E-state index contributed by atoms with van der Waals surface area (Å²) in [7, 11) is 0. The van der Waals surface area contributed by atoms with Gasteiger partial charge in [-0.15, -0.1) is 0 Å². The number of phenolic OH excluding ortho intramolecular Hbond substituents is 1. The minimum atomic E-state index is -0.0539. The highest BCUT2D eigenvalue weighted by Gasteiger charge is 2.13. The van der Waals surface area contributed by atoms with Crippen molar-refractivity contribution in [3.8, 4) is 5.75 Å². The Balaban J connectivity index is 2.27. The van der Waals surface area contributed by atoms with E-state index in [0.29, 0.717) is 12.0 Å². The van der Waals surface area contributed by atoms with Crippen LogP contribution in [0.4, 0.5) is 0 Å². The van der Waals surface area contributed by atoms with E-state index >= 15 is 0 Å². The predicted molar refractivity (Wildman–Crippen MR) is 72.1 cm³/mol. The lowest BCUT2D eigenvalue weighted by Crippen LogP contribution is -2.04. The van der Waals surface area contributed by atoms with Gasteiger partial charge in [-0.25, -0.2) is 0 Å². The first kappa shape index (κ1) is 12.4. The molecular weight excluding hydrogens is 224 g/mol. The molecule has 0 aliphatic carbocycles. The van der Waals surface area contributed by atoms with Crippen LogP contribution in [0.1, 0.15) is 27.0 Å². The van der Waals surface area contributed by atoms with Crippen LogP contribution in [0.2, 0.25) is 0 Å². The fourth-order valence-corrected chi connectivity index (χ4v) is 1.90. The molecule has 0 aliphatic heterocycles. The van der Waals surface area contributed by atoms with Crippen LogP contribution < -0.4 is 0 Å². The van der Waals surface area contributed by atoms with Gasteiger partial charge < -0.3 is 5.11 Å². The van der Waals surface area contributed by atoms with Crippen molar-refractivity contribution >= 4 is 5.78 Å². The van der Waals surface area contributed by atoms with E-state index in [1.165, 1.54) is 0 Å².